The molecule has 2 aromatic carbocycles. The van der Waals surface area contributed by atoms with Crippen LogP contribution in [0.2, 0.25) is 0 Å². The van der Waals surface area contributed by atoms with E-state index >= 15 is 0 Å². The number of rotatable bonds is 8. The number of carbonyl (C=O) groups is 1. The van der Waals surface area contributed by atoms with Crippen molar-refractivity contribution in [1.29, 1.82) is 0 Å². The molecule has 176 valence electrons. The van der Waals surface area contributed by atoms with E-state index in [0.717, 1.165) is 23.0 Å². The largest absolute Gasteiger partial charge is 0.444 e. The molecule has 0 bridgehead atoms. The Bertz CT molecular complexity index is 1110. The van der Waals surface area contributed by atoms with Crippen LogP contribution in [0.3, 0.4) is 0 Å². The van der Waals surface area contributed by atoms with Crippen molar-refractivity contribution in [3.05, 3.63) is 65.6 Å². The summed E-state index contributed by atoms with van der Waals surface area (Å²) in [5.74, 6) is 0.151. The van der Waals surface area contributed by atoms with Crippen molar-refractivity contribution >= 4 is 22.7 Å². The molecule has 0 fully saturated rings. The van der Waals surface area contributed by atoms with Gasteiger partial charge >= 0.3 is 6.09 Å². The highest BCUT2D eigenvalue weighted by Gasteiger charge is 2.16. The normalized spacial score (nSPS) is 12.3. The Morgan fingerprint density at radius 3 is 2.52 bits per heavy atom. The van der Waals surface area contributed by atoms with E-state index in [2.05, 4.69) is 29.4 Å². The van der Waals surface area contributed by atoms with E-state index in [4.69, 9.17) is 9.57 Å². The maximum Gasteiger partial charge on any atom is 0.407 e. The van der Waals surface area contributed by atoms with Crippen LogP contribution in [0.25, 0.3) is 10.9 Å². The maximum absolute atomic E-state index is 13.5. The molecule has 3 rings (SSSR count). The summed E-state index contributed by atoms with van der Waals surface area (Å²) in [7, 11) is 0. The SMILES string of the molecule is CC(C)Cn1ncc2cc(C(=NOCCNC(=O)OC(C)(C)C)c3ccc(F)cc3)ccc21. The summed E-state index contributed by atoms with van der Waals surface area (Å²) in [6.07, 6.45) is 1.31. The second-order valence-electron chi connectivity index (χ2n) is 9.20. The zero-order chi connectivity index (χ0) is 24.0. The Morgan fingerprint density at radius 2 is 1.85 bits per heavy atom. The van der Waals surface area contributed by atoms with Gasteiger partial charge in [-0.2, -0.15) is 5.10 Å². The molecule has 0 aliphatic rings. The van der Waals surface area contributed by atoms with Crippen molar-refractivity contribution in [1.82, 2.24) is 15.1 Å². The predicted octanol–water partition coefficient (Wildman–Crippen LogP) is 5.13. The Morgan fingerprint density at radius 1 is 1.15 bits per heavy atom. The van der Waals surface area contributed by atoms with Crippen LogP contribution in [0.1, 0.15) is 45.7 Å². The van der Waals surface area contributed by atoms with E-state index in [9.17, 15) is 9.18 Å². The second kappa shape index (κ2) is 10.5. The van der Waals surface area contributed by atoms with Crippen molar-refractivity contribution in [3.63, 3.8) is 0 Å². The number of hydrogen-bond donors (Lipinski definition) is 1. The first-order valence-corrected chi connectivity index (χ1v) is 11.0. The van der Waals surface area contributed by atoms with Gasteiger partial charge in [-0.15, -0.1) is 0 Å². The van der Waals surface area contributed by atoms with Crippen molar-refractivity contribution in [3.8, 4) is 0 Å². The molecule has 1 amide bonds. The molecule has 0 atom stereocenters. The number of nitrogens with one attached hydrogen (secondary N) is 1. The van der Waals surface area contributed by atoms with Gasteiger partial charge in [-0.25, -0.2) is 9.18 Å². The highest BCUT2D eigenvalue weighted by molar-refractivity contribution is 6.13. The lowest BCUT2D eigenvalue weighted by atomic mass is 10.0. The predicted molar refractivity (Wildman–Crippen MR) is 127 cm³/mol. The highest BCUT2D eigenvalue weighted by atomic mass is 19.1. The summed E-state index contributed by atoms with van der Waals surface area (Å²) < 4.78 is 20.7. The molecule has 0 aliphatic carbocycles. The Hall–Kier alpha value is -3.42. The van der Waals surface area contributed by atoms with E-state index < -0.39 is 11.7 Å². The van der Waals surface area contributed by atoms with Crippen LogP contribution in [0.4, 0.5) is 9.18 Å². The van der Waals surface area contributed by atoms with Gasteiger partial charge in [-0.3, -0.25) is 4.68 Å². The number of fused-ring (bicyclic) bond motifs is 1. The number of aromatic nitrogens is 2. The Balaban J connectivity index is 1.77. The summed E-state index contributed by atoms with van der Waals surface area (Å²) in [5.41, 5.74) is 2.56. The summed E-state index contributed by atoms with van der Waals surface area (Å²) in [5, 5.41) is 12.4. The molecule has 1 N–H and O–H groups in total. The summed E-state index contributed by atoms with van der Waals surface area (Å²) in [6.45, 7) is 10.9. The lowest BCUT2D eigenvalue weighted by molar-refractivity contribution is 0.0502. The average molecular weight is 455 g/mol. The molecule has 3 aromatic rings. The second-order valence-corrected chi connectivity index (χ2v) is 9.20. The molecule has 8 heteroatoms. The van der Waals surface area contributed by atoms with Gasteiger partial charge in [0.15, 0.2) is 0 Å². The molecule has 0 saturated heterocycles. The van der Waals surface area contributed by atoms with Crippen LogP contribution in [0.15, 0.2) is 53.8 Å². The van der Waals surface area contributed by atoms with Crippen LogP contribution in [0, 0.1) is 11.7 Å². The summed E-state index contributed by atoms with van der Waals surface area (Å²) >= 11 is 0. The summed E-state index contributed by atoms with van der Waals surface area (Å²) in [4.78, 5) is 17.2. The van der Waals surface area contributed by atoms with Crippen molar-refractivity contribution in [2.24, 2.45) is 11.1 Å². The number of halogens is 1. The number of ether oxygens (including phenoxy) is 1. The first kappa shape index (κ1) is 24.2. The van der Waals surface area contributed by atoms with Crippen LogP contribution >= 0.6 is 0 Å². The van der Waals surface area contributed by atoms with Crippen LogP contribution in [-0.2, 0) is 16.1 Å². The van der Waals surface area contributed by atoms with Crippen LogP contribution < -0.4 is 5.32 Å². The third kappa shape index (κ3) is 7.03. The fraction of sp³-hybridized carbons (Fsp3) is 0.400. The quantitative estimate of drug-likeness (QED) is 0.291. The number of hydrogen-bond acceptors (Lipinski definition) is 5. The monoisotopic (exact) mass is 454 g/mol. The smallest absolute Gasteiger partial charge is 0.407 e. The zero-order valence-electron chi connectivity index (χ0n) is 19.8. The molecule has 0 spiro atoms. The molecule has 0 unspecified atom stereocenters. The Labute approximate surface area is 193 Å². The molecular formula is C25H31FN4O3. The maximum atomic E-state index is 13.5. The van der Waals surface area contributed by atoms with Gasteiger partial charge in [0.1, 0.15) is 23.7 Å². The minimum Gasteiger partial charge on any atom is -0.444 e. The molecule has 7 nitrogen and oxygen atoms in total. The first-order valence-electron chi connectivity index (χ1n) is 11.0. The lowest BCUT2D eigenvalue weighted by Gasteiger charge is -2.19. The highest BCUT2D eigenvalue weighted by Crippen LogP contribution is 2.20. The van der Waals surface area contributed by atoms with Crippen LogP contribution in [0.5, 0.6) is 0 Å². The molecule has 33 heavy (non-hydrogen) atoms. The van der Waals surface area contributed by atoms with Gasteiger partial charge in [0.25, 0.3) is 0 Å². The number of amides is 1. The van der Waals surface area contributed by atoms with Crippen molar-refractivity contribution in [2.45, 2.75) is 46.8 Å². The van der Waals surface area contributed by atoms with Crippen LogP contribution in [-0.4, -0.2) is 40.3 Å². The minimum absolute atomic E-state index is 0.151. The Kier molecular flexibility index (Phi) is 7.68. The number of alkyl carbamates (subject to hydrolysis) is 1. The van der Waals surface area contributed by atoms with Crippen molar-refractivity contribution in [2.75, 3.05) is 13.2 Å². The van der Waals surface area contributed by atoms with Gasteiger partial charge in [0.05, 0.1) is 18.3 Å². The minimum atomic E-state index is -0.569. The fourth-order valence-electron chi connectivity index (χ4n) is 3.23. The number of nitrogens with zero attached hydrogens (tertiary/aromatic N) is 3. The first-order chi connectivity index (χ1) is 15.6. The van der Waals surface area contributed by atoms with E-state index in [0.29, 0.717) is 17.2 Å². The van der Waals surface area contributed by atoms with E-state index in [1.54, 1.807) is 32.9 Å². The molecule has 1 heterocycles. The van der Waals surface area contributed by atoms with Gasteiger partial charge < -0.3 is 14.9 Å². The third-order valence-electron chi connectivity index (χ3n) is 4.59. The molecule has 0 radical (unpaired) electrons. The lowest BCUT2D eigenvalue weighted by Crippen LogP contribution is -2.34. The fourth-order valence-corrected chi connectivity index (χ4v) is 3.23. The number of oxime groups is 1. The standard InChI is InChI=1S/C25H31FN4O3/c1-17(2)16-30-22-11-8-19(14-20(22)15-28-30)23(18-6-9-21(26)10-7-18)29-32-13-12-27-24(31)33-25(3,4)5/h6-11,14-15,17H,12-13,16H2,1-5H3,(H,27,31). The van der Waals surface area contributed by atoms with Gasteiger partial charge in [-0.1, -0.05) is 25.1 Å². The number of benzene rings is 2. The van der Waals surface area contributed by atoms with Gasteiger partial charge in [0, 0.05) is 23.1 Å². The van der Waals surface area contributed by atoms with Crippen molar-refractivity contribution < 1.29 is 18.8 Å². The zero-order valence-corrected chi connectivity index (χ0v) is 19.8. The molecular weight excluding hydrogens is 423 g/mol. The third-order valence-corrected chi connectivity index (χ3v) is 4.59. The average Bonchev–Trinajstić information content (AvgIpc) is 3.11. The van der Waals surface area contributed by atoms with Gasteiger partial charge in [0.2, 0.25) is 0 Å². The van der Waals surface area contributed by atoms with E-state index in [1.165, 1.54) is 12.1 Å². The van der Waals surface area contributed by atoms with E-state index in [-0.39, 0.29) is 19.0 Å². The molecule has 1 aromatic heterocycles. The van der Waals surface area contributed by atoms with Gasteiger partial charge in [-0.05, 0) is 63.1 Å². The topological polar surface area (TPSA) is 77.7 Å². The number of carbonyl (C=O) groups excluding carboxylic acids is 1. The molecule has 0 saturated carbocycles. The summed E-state index contributed by atoms with van der Waals surface area (Å²) in [6, 6.07) is 12.0. The van der Waals surface area contributed by atoms with E-state index in [1.807, 2.05) is 29.1 Å². The molecule has 0 aliphatic heterocycles.